The van der Waals surface area contributed by atoms with Gasteiger partial charge in [-0.15, -0.1) is 0 Å². The Morgan fingerprint density at radius 1 is 1.13 bits per heavy atom. The first-order valence-electron chi connectivity index (χ1n) is 11.0. The molecule has 1 saturated heterocycles. The number of carbonyl (C=O) groups excluding carboxylic acids is 1. The highest BCUT2D eigenvalue weighted by molar-refractivity contribution is 5.99. The van der Waals surface area contributed by atoms with Crippen molar-refractivity contribution in [1.82, 2.24) is 10.2 Å². The van der Waals surface area contributed by atoms with E-state index in [1.165, 1.54) is 0 Å². The molecule has 4 nitrogen and oxygen atoms in total. The Labute approximate surface area is 184 Å². The summed E-state index contributed by atoms with van der Waals surface area (Å²) in [7, 11) is 0. The molecule has 0 bridgehead atoms. The molecule has 2 aromatic rings. The highest BCUT2D eigenvalue weighted by Crippen LogP contribution is 2.39. The van der Waals surface area contributed by atoms with Gasteiger partial charge in [0, 0.05) is 0 Å². The molecule has 1 amide bonds. The average Bonchev–Trinajstić information content (AvgIpc) is 2.92. The maximum atomic E-state index is 13.8. The molecule has 160 valence electrons. The van der Waals surface area contributed by atoms with E-state index in [4.69, 9.17) is 4.74 Å². The lowest BCUT2D eigenvalue weighted by Gasteiger charge is -2.26. The maximum Gasteiger partial charge on any atom is 0.262 e. The first-order chi connectivity index (χ1) is 15.2. The molecule has 4 heteroatoms. The van der Waals surface area contributed by atoms with E-state index in [9.17, 15) is 4.79 Å². The van der Waals surface area contributed by atoms with E-state index >= 15 is 0 Å². The molecule has 1 fully saturated rings. The molecule has 2 aliphatic heterocycles. The van der Waals surface area contributed by atoms with Gasteiger partial charge in [0.1, 0.15) is 12.0 Å². The van der Waals surface area contributed by atoms with Gasteiger partial charge in [-0.3, -0.25) is 4.79 Å². The molecule has 2 aliphatic rings. The number of piperidine rings is 1. The number of aryl methyl sites for hydroxylation is 1. The Balaban J connectivity index is 1.77. The zero-order valence-electron chi connectivity index (χ0n) is 18.3. The van der Waals surface area contributed by atoms with Crippen molar-refractivity contribution in [3.05, 3.63) is 101 Å². The van der Waals surface area contributed by atoms with Gasteiger partial charge in [-0.1, -0.05) is 54.6 Å². The van der Waals surface area contributed by atoms with Gasteiger partial charge in [-0.25, -0.2) is 0 Å². The van der Waals surface area contributed by atoms with Gasteiger partial charge in [0.05, 0.1) is 17.8 Å². The number of hydrogen-bond acceptors (Lipinski definition) is 3. The molecular weight excluding hydrogens is 384 g/mol. The summed E-state index contributed by atoms with van der Waals surface area (Å²) < 4.78 is 6.25. The number of amides is 1. The second-order valence-corrected chi connectivity index (χ2v) is 8.18. The van der Waals surface area contributed by atoms with Crippen molar-refractivity contribution in [2.24, 2.45) is 0 Å². The summed E-state index contributed by atoms with van der Waals surface area (Å²) >= 11 is 0. The molecule has 2 aromatic carbocycles. The third-order valence-corrected chi connectivity index (χ3v) is 5.88. The minimum atomic E-state index is -0.0217. The number of nitrogens with zero attached hydrogens (tertiary/aromatic N) is 1. The summed E-state index contributed by atoms with van der Waals surface area (Å²) in [5.74, 6) is 1.10. The molecule has 0 radical (unpaired) electrons. The van der Waals surface area contributed by atoms with Gasteiger partial charge < -0.3 is 15.0 Å². The van der Waals surface area contributed by atoms with Crippen LogP contribution in [0.15, 0.2) is 78.7 Å². The van der Waals surface area contributed by atoms with Gasteiger partial charge in [0.2, 0.25) is 0 Å². The Hall–Kier alpha value is -3.11. The standard InChI is InChI=1S/C27H30N2O2/c1-3-4-6-11-23-19-31-26-24(22-12-14-28-15-13-22)16-20(2)17-25(26)27(30)29(23)18-21-9-7-5-8-10-21/h3-11,16-17,19,22,28H,12-15,18H2,1-2H3/b4-3-,11-6-. The number of ether oxygens (including phenoxy) is 1. The minimum Gasteiger partial charge on any atom is -0.462 e. The van der Waals surface area contributed by atoms with Crippen molar-refractivity contribution < 1.29 is 9.53 Å². The Morgan fingerprint density at radius 3 is 2.65 bits per heavy atom. The SMILES string of the molecule is C/C=C\C=C/C1=COc2c(cc(C)cc2C2CCNCC2)C(=O)N1Cc1ccccc1. The average molecular weight is 415 g/mol. The maximum absolute atomic E-state index is 13.8. The number of rotatable bonds is 5. The first-order valence-corrected chi connectivity index (χ1v) is 11.0. The predicted molar refractivity (Wildman–Crippen MR) is 125 cm³/mol. The van der Waals surface area contributed by atoms with Gasteiger partial charge in [0.25, 0.3) is 5.91 Å². The van der Waals surface area contributed by atoms with E-state index < -0.39 is 0 Å². The van der Waals surface area contributed by atoms with Crippen molar-refractivity contribution in [2.45, 2.75) is 39.2 Å². The molecule has 0 spiro atoms. The Bertz CT molecular complexity index is 1020. The number of hydrogen-bond donors (Lipinski definition) is 1. The fourth-order valence-corrected chi connectivity index (χ4v) is 4.30. The van der Waals surface area contributed by atoms with E-state index in [1.54, 1.807) is 6.26 Å². The largest absolute Gasteiger partial charge is 0.462 e. The van der Waals surface area contributed by atoms with Gasteiger partial charge in [-0.2, -0.15) is 0 Å². The molecule has 31 heavy (non-hydrogen) atoms. The Morgan fingerprint density at radius 2 is 1.90 bits per heavy atom. The van der Waals surface area contributed by atoms with Crippen LogP contribution in [0.25, 0.3) is 0 Å². The molecule has 0 aliphatic carbocycles. The zero-order valence-corrected chi connectivity index (χ0v) is 18.3. The summed E-state index contributed by atoms with van der Waals surface area (Å²) in [6.45, 7) is 6.51. The lowest BCUT2D eigenvalue weighted by molar-refractivity contribution is 0.0803. The molecule has 0 unspecified atom stereocenters. The number of allylic oxidation sites excluding steroid dienone is 4. The summed E-state index contributed by atoms with van der Waals surface area (Å²) in [6, 6.07) is 14.2. The third kappa shape index (κ3) is 4.80. The van der Waals surface area contributed by atoms with Crippen LogP contribution >= 0.6 is 0 Å². The number of benzene rings is 2. The van der Waals surface area contributed by atoms with Crippen molar-refractivity contribution in [3.63, 3.8) is 0 Å². The second kappa shape index (κ2) is 9.80. The third-order valence-electron chi connectivity index (χ3n) is 5.88. The van der Waals surface area contributed by atoms with Gasteiger partial charge in [-0.05, 0) is 74.5 Å². The fraction of sp³-hybridized carbons (Fsp3) is 0.296. The summed E-state index contributed by atoms with van der Waals surface area (Å²) in [6.07, 6.45) is 11.6. The van der Waals surface area contributed by atoms with E-state index in [0.717, 1.165) is 54.1 Å². The Kier molecular flexibility index (Phi) is 6.68. The van der Waals surface area contributed by atoms with Crippen LogP contribution in [0.5, 0.6) is 5.75 Å². The minimum absolute atomic E-state index is 0.0217. The molecule has 1 N–H and O–H groups in total. The highest BCUT2D eigenvalue weighted by Gasteiger charge is 2.30. The van der Waals surface area contributed by atoms with Gasteiger partial charge in [0.15, 0.2) is 0 Å². The molecule has 0 aromatic heterocycles. The van der Waals surface area contributed by atoms with E-state index in [2.05, 4.69) is 18.3 Å². The summed E-state index contributed by atoms with van der Waals surface area (Å²) in [4.78, 5) is 15.6. The van der Waals surface area contributed by atoms with Crippen LogP contribution in [0.3, 0.4) is 0 Å². The van der Waals surface area contributed by atoms with Crippen LogP contribution < -0.4 is 10.1 Å². The van der Waals surface area contributed by atoms with Crippen LogP contribution in [-0.2, 0) is 6.54 Å². The highest BCUT2D eigenvalue weighted by atomic mass is 16.5. The van der Waals surface area contributed by atoms with Crippen LogP contribution in [0.1, 0.15) is 52.7 Å². The van der Waals surface area contributed by atoms with Gasteiger partial charge >= 0.3 is 0 Å². The first kappa shape index (κ1) is 21.1. The monoisotopic (exact) mass is 414 g/mol. The number of carbonyl (C=O) groups is 1. The van der Waals surface area contributed by atoms with Crippen molar-refractivity contribution in [2.75, 3.05) is 13.1 Å². The van der Waals surface area contributed by atoms with E-state index in [0.29, 0.717) is 18.0 Å². The molecule has 0 saturated carbocycles. The lowest BCUT2D eigenvalue weighted by Crippen LogP contribution is -2.29. The normalized spacial score (nSPS) is 17.5. The quantitative estimate of drug-likeness (QED) is 0.660. The van der Waals surface area contributed by atoms with Crippen LogP contribution in [0.4, 0.5) is 0 Å². The van der Waals surface area contributed by atoms with Crippen LogP contribution in [-0.4, -0.2) is 23.9 Å². The number of fused-ring (bicyclic) bond motifs is 1. The summed E-state index contributed by atoms with van der Waals surface area (Å²) in [5.41, 5.74) is 4.72. The second-order valence-electron chi connectivity index (χ2n) is 8.18. The zero-order chi connectivity index (χ0) is 21.6. The molecule has 0 atom stereocenters. The van der Waals surface area contributed by atoms with Crippen molar-refractivity contribution in [1.29, 1.82) is 0 Å². The lowest BCUT2D eigenvalue weighted by atomic mass is 9.87. The predicted octanol–water partition coefficient (Wildman–Crippen LogP) is 5.47. The van der Waals surface area contributed by atoms with E-state index in [-0.39, 0.29) is 5.91 Å². The molecule has 2 heterocycles. The van der Waals surface area contributed by atoms with Crippen molar-refractivity contribution >= 4 is 5.91 Å². The number of nitrogens with one attached hydrogen (secondary N) is 1. The van der Waals surface area contributed by atoms with Crippen molar-refractivity contribution in [3.8, 4) is 5.75 Å². The summed E-state index contributed by atoms with van der Waals surface area (Å²) in [5, 5.41) is 3.43. The van der Waals surface area contributed by atoms with Crippen LogP contribution in [0, 0.1) is 6.92 Å². The van der Waals surface area contributed by atoms with E-state index in [1.807, 2.05) is 72.5 Å². The topological polar surface area (TPSA) is 41.6 Å². The smallest absolute Gasteiger partial charge is 0.262 e. The van der Waals surface area contributed by atoms with Crippen LogP contribution in [0.2, 0.25) is 0 Å². The molecular formula is C27H30N2O2. The molecule has 4 rings (SSSR count). The fourth-order valence-electron chi connectivity index (χ4n) is 4.30.